The van der Waals surface area contributed by atoms with Crippen molar-refractivity contribution in [2.75, 3.05) is 24.8 Å². The van der Waals surface area contributed by atoms with Crippen LogP contribution in [0.1, 0.15) is 44.2 Å². The van der Waals surface area contributed by atoms with Crippen LogP contribution in [-0.4, -0.2) is 40.6 Å². The summed E-state index contributed by atoms with van der Waals surface area (Å²) < 4.78 is 11.4. The van der Waals surface area contributed by atoms with E-state index >= 15 is 0 Å². The van der Waals surface area contributed by atoms with Gasteiger partial charge in [0.05, 0.1) is 13.7 Å². The van der Waals surface area contributed by atoms with Gasteiger partial charge < -0.3 is 9.47 Å². The summed E-state index contributed by atoms with van der Waals surface area (Å²) in [7, 11) is 1.61. The highest BCUT2D eigenvalue weighted by Gasteiger charge is 2.15. The van der Waals surface area contributed by atoms with Crippen LogP contribution >= 0.6 is 11.8 Å². The zero-order valence-electron chi connectivity index (χ0n) is 19.3. The molecule has 0 aliphatic rings. The van der Waals surface area contributed by atoms with E-state index in [0.717, 1.165) is 36.1 Å². The molecule has 3 rings (SSSR count). The Morgan fingerprint density at radius 2 is 1.94 bits per heavy atom. The zero-order chi connectivity index (χ0) is 23.5. The standard InChI is InChI=1S/C25H30N4O3S/c1-4-6-10-15-32-21-14-13-18(17-22(21)31-3)16-20(19-11-8-7-9-12-19)23(30)26-24-27-25(29-28-24)33-5-2/h7-9,11-14,16-17H,4-6,10,15H2,1-3H3,(H2,26,27,28,29,30)/b20-16+. The number of aromatic nitrogens is 3. The Morgan fingerprint density at radius 3 is 2.67 bits per heavy atom. The number of benzene rings is 2. The summed E-state index contributed by atoms with van der Waals surface area (Å²) in [5.74, 6) is 2.19. The van der Waals surface area contributed by atoms with Crippen molar-refractivity contribution in [1.29, 1.82) is 0 Å². The van der Waals surface area contributed by atoms with Gasteiger partial charge in [-0.25, -0.2) is 5.10 Å². The first kappa shape index (κ1) is 24.4. The lowest BCUT2D eigenvalue weighted by molar-refractivity contribution is -0.111. The molecule has 1 aromatic heterocycles. The van der Waals surface area contributed by atoms with Gasteiger partial charge in [-0.1, -0.05) is 74.8 Å². The molecule has 0 aliphatic carbocycles. The molecule has 0 radical (unpaired) electrons. The van der Waals surface area contributed by atoms with E-state index in [1.165, 1.54) is 11.8 Å². The van der Waals surface area contributed by atoms with Gasteiger partial charge in [-0.15, -0.1) is 5.10 Å². The van der Waals surface area contributed by atoms with Crippen LogP contribution < -0.4 is 14.8 Å². The Hall–Kier alpha value is -3.26. The molecule has 0 atom stereocenters. The Kier molecular flexibility index (Phi) is 9.38. The number of carbonyl (C=O) groups is 1. The van der Waals surface area contributed by atoms with E-state index in [1.54, 1.807) is 7.11 Å². The van der Waals surface area contributed by atoms with Gasteiger partial charge in [0, 0.05) is 5.57 Å². The number of aromatic amines is 1. The van der Waals surface area contributed by atoms with Crippen molar-refractivity contribution < 1.29 is 14.3 Å². The van der Waals surface area contributed by atoms with E-state index in [1.807, 2.05) is 61.5 Å². The number of anilines is 1. The van der Waals surface area contributed by atoms with Crippen LogP contribution in [0.25, 0.3) is 11.6 Å². The highest BCUT2D eigenvalue weighted by Crippen LogP contribution is 2.30. The summed E-state index contributed by atoms with van der Waals surface area (Å²) in [5, 5.41) is 10.3. The fraction of sp³-hybridized carbons (Fsp3) is 0.320. The number of ether oxygens (including phenoxy) is 2. The lowest BCUT2D eigenvalue weighted by atomic mass is 10.0. The third-order valence-corrected chi connectivity index (χ3v) is 5.53. The van der Waals surface area contributed by atoms with Crippen LogP contribution in [0.5, 0.6) is 11.5 Å². The lowest BCUT2D eigenvalue weighted by Crippen LogP contribution is -2.14. The summed E-state index contributed by atoms with van der Waals surface area (Å²) in [6.07, 6.45) is 5.09. The summed E-state index contributed by atoms with van der Waals surface area (Å²) in [6.45, 7) is 4.82. The first-order valence-electron chi connectivity index (χ1n) is 11.1. The SMILES string of the molecule is CCCCCOc1ccc(/C=C(/C(=O)Nc2nc(SCC)n[nH]2)c2ccccc2)cc1OC. The summed E-state index contributed by atoms with van der Waals surface area (Å²) in [6, 6.07) is 15.2. The van der Waals surface area contributed by atoms with Gasteiger partial charge in [0.15, 0.2) is 11.5 Å². The van der Waals surface area contributed by atoms with Crippen LogP contribution in [0, 0.1) is 0 Å². The quantitative estimate of drug-likeness (QED) is 0.155. The highest BCUT2D eigenvalue weighted by molar-refractivity contribution is 7.99. The molecule has 0 bridgehead atoms. The molecular formula is C25H30N4O3S. The molecular weight excluding hydrogens is 436 g/mol. The number of amides is 1. The molecule has 0 spiro atoms. The van der Waals surface area contributed by atoms with Crippen molar-refractivity contribution in [2.24, 2.45) is 0 Å². The fourth-order valence-corrected chi connectivity index (χ4v) is 3.69. The minimum atomic E-state index is -0.288. The van der Waals surface area contributed by atoms with Crippen LogP contribution in [0.4, 0.5) is 5.95 Å². The second-order valence-electron chi connectivity index (χ2n) is 7.24. The molecule has 0 fully saturated rings. The highest BCUT2D eigenvalue weighted by atomic mass is 32.2. The molecule has 1 amide bonds. The average Bonchev–Trinajstić information content (AvgIpc) is 3.28. The van der Waals surface area contributed by atoms with Crippen molar-refractivity contribution in [3.05, 3.63) is 59.7 Å². The molecule has 2 N–H and O–H groups in total. The second kappa shape index (κ2) is 12.7. The van der Waals surface area contributed by atoms with Gasteiger partial charge in [-0.2, -0.15) is 4.98 Å². The van der Waals surface area contributed by atoms with Crippen molar-refractivity contribution in [2.45, 2.75) is 38.3 Å². The van der Waals surface area contributed by atoms with Crippen molar-refractivity contribution >= 4 is 35.3 Å². The normalized spacial score (nSPS) is 11.3. The predicted octanol–water partition coefficient (Wildman–Crippen LogP) is 5.67. The number of methoxy groups -OCH3 is 1. The Labute approximate surface area is 199 Å². The molecule has 0 saturated heterocycles. The number of H-pyrrole nitrogens is 1. The minimum absolute atomic E-state index is 0.288. The molecule has 0 aliphatic heterocycles. The van der Waals surface area contributed by atoms with E-state index in [-0.39, 0.29) is 5.91 Å². The maximum absolute atomic E-state index is 13.2. The van der Waals surface area contributed by atoms with E-state index in [9.17, 15) is 4.79 Å². The number of unbranched alkanes of at least 4 members (excludes halogenated alkanes) is 2. The topological polar surface area (TPSA) is 89.1 Å². The van der Waals surface area contributed by atoms with Crippen molar-refractivity contribution in [3.8, 4) is 11.5 Å². The number of nitrogens with zero attached hydrogens (tertiary/aromatic N) is 2. The summed E-state index contributed by atoms with van der Waals surface area (Å²) in [5.41, 5.74) is 2.11. The molecule has 1 heterocycles. The maximum atomic E-state index is 13.2. The van der Waals surface area contributed by atoms with Gasteiger partial charge >= 0.3 is 0 Å². The molecule has 0 unspecified atom stereocenters. The third-order valence-electron chi connectivity index (χ3n) is 4.80. The number of hydrogen-bond donors (Lipinski definition) is 2. The van der Waals surface area contributed by atoms with E-state index in [2.05, 4.69) is 27.4 Å². The fourth-order valence-electron chi connectivity index (χ4n) is 3.16. The Morgan fingerprint density at radius 1 is 1.12 bits per heavy atom. The van der Waals surface area contributed by atoms with Crippen LogP contribution in [0.3, 0.4) is 0 Å². The maximum Gasteiger partial charge on any atom is 0.258 e. The molecule has 0 saturated carbocycles. The number of thioether (sulfide) groups is 1. The Bertz CT molecular complexity index is 1070. The van der Waals surface area contributed by atoms with E-state index in [0.29, 0.717) is 34.8 Å². The largest absolute Gasteiger partial charge is 0.493 e. The van der Waals surface area contributed by atoms with Gasteiger partial charge in [-0.05, 0) is 41.5 Å². The van der Waals surface area contributed by atoms with E-state index in [4.69, 9.17) is 9.47 Å². The van der Waals surface area contributed by atoms with Crippen molar-refractivity contribution in [3.63, 3.8) is 0 Å². The van der Waals surface area contributed by atoms with Gasteiger partial charge in [0.2, 0.25) is 11.1 Å². The second-order valence-corrected chi connectivity index (χ2v) is 8.47. The van der Waals surface area contributed by atoms with Gasteiger partial charge in [0.25, 0.3) is 5.91 Å². The van der Waals surface area contributed by atoms with Crippen LogP contribution in [-0.2, 0) is 4.79 Å². The zero-order valence-corrected chi connectivity index (χ0v) is 20.1. The van der Waals surface area contributed by atoms with Crippen molar-refractivity contribution in [1.82, 2.24) is 15.2 Å². The molecule has 8 heteroatoms. The number of rotatable bonds is 12. The molecule has 174 valence electrons. The lowest BCUT2D eigenvalue weighted by Gasteiger charge is -2.12. The Balaban J connectivity index is 1.85. The van der Waals surface area contributed by atoms with Crippen LogP contribution in [0.2, 0.25) is 0 Å². The summed E-state index contributed by atoms with van der Waals surface area (Å²) >= 11 is 1.50. The molecule has 3 aromatic rings. The van der Waals surface area contributed by atoms with Gasteiger partial charge in [0.1, 0.15) is 0 Å². The van der Waals surface area contributed by atoms with Crippen LogP contribution in [0.15, 0.2) is 53.7 Å². The monoisotopic (exact) mass is 466 g/mol. The third kappa shape index (κ3) is 7.12. The first-order chi connectivity index (χ1) is 16.1. The summed E-state index contributed by atoms with van der Waals surface area (Å²) in [4.78, 5) is 17.5. The number of hydrogen-bond acceptors (Lipinski definition) is 6. The number of carbonyl (C=O) groups excluding carboxylic acids is 1. The van der Waals surface area contributed by atoms with Gasteiger partial charge in [-0.3, -0.25) is 10.1 Å². The van der Waals surface area contributed by atoms with E-state index < -0.39 is 0 Å². The average molecular weight is 467 g/mol. The first-order valence-corrected chi connectivity index (χ1v) is 12.1. The molecule has 2 aromatic carbocycles. The minimum Gasteiger partial charge on any atom is -0.493 e. The molecule has 33 heavy (non-hydrogen) atoms. The predicted molar refractivity (Wildman–Crippen MR) is 134 cm³/mol. The molecule has 7 nitrogen and oxygen atoms in total. The smallest absolute Gasteiger partial charge is 0.258 e. The number of nitrogens with one attached hydrogen (secondary N) is 2.